The van der Waals surface area contributed by atoms with E-state index in [1.807, 2.05) is 19.1 Å². The summed E-state index contributed by atoms with van der Waals surface area (Å²) in [5.74, 6) is 1.68. The molecule has 1 rings (SSSR count). The number of hydrogen-bond donors (Lipinski definition) is 0. The van der Waals surface area contributed by atoms with Gasteiger partial charge in [-0.25, -0.2) is 0 Å². The van der Waals surface area contributed by atoms with E-state index in [2.05, 4.69) is 4.74 Å². The molecule has 0 aliphatic carbocycles. The van der Waals surface area contributed by atoms with Gasteiger partial charge in [-0.15, -0.1) is 0 Å². The summed E-state index contributed by atoms with van der Waals surface area (Å²) < 4.78 is 9.87. The predicted molar refractivity (Wildman–Crippen MR) is 48.4 cm³/mol. The van der Waals surface area contributed by atoms with Gasteiger partial charge in [-0.2, -0.15) is 0 Å². The number of esters is 1. The van der Waals surface area contributed by atoms with Gasteiger partial charge in [0.05, 0.1) is 7.11 Å². The van der Waals surface area contributed by atoms with Gasteiger partial charge in [0, 0.05) is 12.8 Å². The van der Waals surface area contributed by atoms with Crippen molar-refractivity contribution in [2.45, 2.75) is 26.2 Å². The van der Waals surface area contributed by atoms with Crippen LogP contribution in [-0.4, -0.2) is 13.1 Å². The minimum absolute atomic E-state index is 0.164. The lowest BCUT2D eigenvalue weighted by Crippen LogP contribution is -2.00. The van der Waals surface area contributed by atoms with Gasteiger partial charge in [-0.05, 0) is 25.5 Å². The molecular weight excluding hydrogens is 168 g/mol. The molecule has 0 unspecified atom stereocenters. The number of hydrogen-bond acceptors (Lipinski definition) is 3. The molecule has 1 aromatic rings. The van der Waals surface area contributed by atoms with E-state index in [1.54, 1.807) is 0 Å². The largest absolute Gasteiger partial charge is 0.469 e. The van der Waals surface area contributed by atoms with Crippen molar-refractivity contribution < 1.29 is 13.9 Å². The normalized spacial score (nSPS) is 10.0. The molecule has 0 saturated heterocycles. The summed E-state index contributed by atoms with van der Waals surface area (Å²) in [5, 5.41) is 0. The van der Waals surface area contributed by atoms with Crippen molar-refractivity contribution in [1.29, 1.82) is 0 Å². The van der Waals surface area contributed by atoms with Crippen LogP contribution >= 0.6 is 0 Å². The number of ether oxygens (including phenoxy) is 1. The number of rotatable bonds is 4. The van der Waals surface area contributed by atoms with Crippen molar-refractivity contribution in [3.05, 3.63) is 23.7 Å². The monoisotopic (exact) mass is 182 g/mol. The molecule has 13 heavy (non-hydrogen) atoms. The summed E-state index contributed by atoms with van der Waals surface area (Å²) in [4.78, 5) is 10.8. The molecule has 0 aliphatic heterocycles. The summed E-state index contributed by atoms with van der Waals surface area (Å²) in [6, 6.07) is 3.86. The SMILES string of the molecule is COC(=O)CCCc1ccc(C)o1. The molecule has 0 bridgehead atoms. The second kappa shape index (κ2) is 4.70. The first-order valence-electron chi connectivity index (χ1n) is 4.34. The smallest absolute Gasteiger partial charge is 0.305 e. The first kappa shape index (κ1) is 9.84. The molecule has 0 radical (unpaired) electrons. The van der Waals surface area contributed by atoms with Crippen molar-refractivity contribution in [1.82, 2.24) is 0 Å². The first-order chi connectivity index (χ1) is 6.22. The van der Waals surface area contributed by atoms with Gasteiger partial charge in [0.25, 0.3) is 0 Å². The van der Waals surface area contributed by atoms with Crippen LogP contribution in [-0.2, 0) is 16.0 Å². The Morgan fingerprint density at radius 1 is 1.54 bits per heavy atom. The van der Waals surface area contributed by atoms with Crippen LogP contribution in [0.15, 0.2) is 16.5 Å². The molecule has 0 atom stereocenters. The number of furan rings is 1. The van der Waals surface area contributed by atoms with Crippen LogP contribution in [0, 0.1) is 6.92 Å². The highest BCUT2D eigenvalue weighted by molar-refractivity contribution is 5.69. The Bertz CT molecular complexity index is 275. The summed E-state index contributed by atoms with van der Waals surface area (Å²) in [7, 11) is 1.40. The van der Waals surface area contributed by atoms with E-state index in [-0.39, 0.29) is 5.97 Å². The number of methoxy groups -OCH3 is 1. The molecule has 1 aromatic heterocycles. The van der Waals surface area contributed by atoms with Crippen LogP contribution in [0.2, 0.25) is 0 Å². The standard InChI is InChI=1S/C10H14O3/c1-8-6-7-9(13-8)4-3-5-10(11)12-2/h6-7H,3-5H2,1-2H3. The summed E-state index contributed by atoms with van der Waals surface area (Å²) in [6.45, 7) is 1.91. The molecule has 3 heteroatoms. The Hall–Kier alpha value is -1.25. The van der Waals surface area contributed by atoms with Crippen LogP contribution in [0.5, 0.6) is 0 Å². The van der Waals surface area contributed by atoms with Crippen LogP contribution in [0.1, 0.15) is 24.4 Å². The second-order valence-electron chi connectivity index (χ2n) is 2.94. The lowest BCUT2D eigenvalue weighted by atomic mass is 10.2. The predicted octanol–water partition coefficient (Wildman–Crippen LogP) is 2.08. The molecule has 0 aromatic carbocycles. The van der Waals surface area contributed by atoms with Gasteiger partial charge < -0.3 is 9.15 Å². The maximum absolute atomic E-state index is 10.8. The minimum atomic E-state index is -0.164. The molecule has 0 aliphatic rings. The molecular formula is C10H14O3. The Balaban J connectivity index is 2.24. The zero-order valence-electron chi connectivity index (χ0n) is 8.00. The van der Waals surface area contributed by atoms with Crippen molar-refractivity contribution in [2.75, 3.05) is 7.11 Å². The van der Waals surface area contributed by atoms with Gasteiger partial charge in [-0.1, -0.05) is 0 Å². The van der Waals surface area contributed by atoms with Crippen LogP contribution < -0.4 is 0 Å². The summed E-state index contributed by atoms with van der Waals surface area (Å²) in [5.41, 5.74) is 0. The van der Waals surface area contributed by atoms with Gasteiger partial charge >= 0.3 is 5.97 Å². The van der Waals surface area contributed by atoms with Gasteiger partial charge in [0.1, 0.15) is 11.5 Å². The van der Waals surface area contributed by atoms with Crippen molar-refractivity contribution >= 4 is 5.97 Å². The van der Waals surface area contributed by atoms with E-state index >= 15 is 0 Å². The number of aryl methyl sites for hydroxylation is 2. The van der Waals surface area contributed by atoms with Gasteiger partial charge in [0.15, 0.2) is 0 Å². The fraction of sp³-hybridized carbons (Fsp3) is 0.500. The third-order valence-corrected chi connectivity index (χ3v) is 1.83. The van der Waals surface area contributed by atoms with Gasteiger partial charge in [-0.3, -0.25) is 4.79 Å². The number of carbonyl (C=O) groups excluding carboxylic acids is 1. The van der Waals surface area contributed by atoms with E-state index in [1.165, 1.54) is 7.11 Å². The fourth-order valence-corrected chi connectivity index (χ4v) is 1.13. The quantitative estimate of drug-likeness (QED) is 0.669. The molecule has 0 fully saturated rings. The van der Waals surface area contributed by atoms with Crippen LogP contribution in [0.4, 0.5) is 0 Å². The molecule has 1 heterocycles. The highest BCUT2D eigenvalue weighted by Gasteiger charge is 2.02. The highest BCUT2D eigenvalue weighted by Crippen LogP contribution is 2.09. The first-order valence-corrected chi connectivity index (χ1v) is 4.34. The third-order valence-electron chi connectivity index (χ3n) is 1.83. The molecule has 3 nitrogen and oxygen atoms in total. The van der Waals surface area contributed by atoms with E-state index in [0.29, 0.717) is 6.42 Å². The Kier molecular flexibility index (Phi) is 3.55. The maximum atomic E-state index is 10.8. The topological polar surface area (TPSA) is 39.4 Å². The molecule has 0 amide bonds. The minimum Gasteiger partial charge on any atom is -0.469 e. The average Bonchev–Trinajstić information content (AvgIpc) is 2.51. The van der Waals surface area contributed by atoms with E-state index < -0.39 is 0 Å². The highest BCUT2D eigenvalue weighted by atomic mass is 16.5. The second-order valence-corrected chi connectivity index (χ2v) is 2.94. The van der Waals surface area contributed by atoms with E-state index in [9.17, 15) is 4.79 Å². The Morgan fingerprint density at radius 3 is 2.85 bits per heavy atom. The molecule has 0 spiro atoms. The summed E-state index contributed by atoms with van der Waals surface area (Å²) >= 11 is 0. The maximum Gasteiger partial charge on any atom is 0.305 e. The van der Waals surface area contributed by atoms with Crippen molar-refractivity contribution in [2.24, 2.45) is 0 Å². The van der Waals surface area contributed by atoms with Crippen molar-refractivity contribution in [3.8, 4) is 0 Å². The van der Waals surface area contributed by atoms with Crippen LogP contribution in [0.25, 0.3) is 0 Å². The van der Waals surface area contributed by atoms with Crippen LogP contribution in [0.3, 0.4) is 0 Å². The third kappa shape index (κ3) is 3.32. The Morgan fingerprint density at radius 2 is 2.31 bits per heavy atom. The van der Waals surface area contributed by atoms with E-state index in [4.69, 9.17) is 4.42 Å². The zero-order valence-corrected chi connectivity index (χ0v) is 8.00. The van der Waals surface area contributed by atoms with Crippen molar-refractivity contribution in [3.63, 3.8) is 0 Å². The lowest BCUT2D eigenvalue weighted by Gasteiger charge is -1.97. The Labute approximate surface area is 77.7 Å². The van der Waals surface area contributed by atoms with E-state index in [0.717, 1.165) is 24.4 Å². The molecule has 72 valence electrons. The zero-order chi connectivity index (χ0) is 9.68. The average molecular weight is 182 g/mol. The lowest BCUT2D eigenvalue weighted by molar-refractivity contribution is -0.140. The molecule has 0 saturated carbocycles. The fourth-order valence-electron chi connectivity index (χ4n) is 1.13. The summed E-state index contributed by atoms with van der Waals surface area (Å²) in [6.07, 6.45) is 2.03. The van der Waals surface area contributed by atoms with Gasteiger partial charge in [0.2, 0.25) is 0 Å². The molecule has 0 N–H and O–H groups in total. The number of carbonyl (C=O) groups is 1.